The Kier molecular flexibility index (Phi) is 3.86. The second-order valence-electron chi connectivity index (χ2n) is 3.49. The van der Waals surface area contributed by atoms with Crippen molar-refractivity contribution < 1.29 is 9.53 Å². The van der Waals surface area contributed by atoms with Gasteiger partial charge >= 0.3 is 0 Å². The Hall–Kier alpha value is -2.43. The maximum absolute atomic E-state index is 11.9. The Bertz CT molecular complexity index is 512. The van der Waals surface area contributed by atoms with Crippen LogP contribution in [-0.2, 0) is 0 Å². The van der Waals surface area contributed by atoms with Crippen molar-refractivity contribution in [3.05, 3.63) is 48.3 Å². The van der Waals surface area contributed by atoms with E-state index < -0.39 is 0 Å². The van der Waals surface area contributed by atoms with Crippen LogP contribution in [0.4, 0.5) is 5.82 Å². The summed E-state index contributed by atoms with van der Waals surface area (Å²) in [4.78, 5) is 19.9. The largest absolute Gasteiger partial charge is 0.478 e. The summed E-state index contributed by atoms with van der Waals surface area (Å²) in [6.45, 7) is 2.43. The molecular formula is C13H13N3O2. The number of pyridine rings is 2. The number of rotatable bonds is 4. The van der Waals surface area contributed by atoms with Gasteiger partial charge < -0.3 is 10.1 Å². The van der Waals surface area contributed by atoms with Crippen molar-refractivity contribution in [2.75, 3.05) is 11.9 Å². The predicted molar refractivity (Wildman–Crippen MR) is 67.6 cm³/mol. The van der Waals surface area contributed by atoms with Crippen molar-refractivity contribution in [3.63, 3.8) is 0 Å². The molecule has 0 fully saturated rings. The zero-order valence-corrected chi connectivity index (χ0v) is 9.96. The third-order valence-corrected chi connectivity index (χ3v) is 2.20. The maximum Gasteiger partial charge on any atom is 0.258 e. The molecule has 2 rings (SSSR count). The molecule has 0 saturated carbocycles. The molecule has 0 aliphatic rings. The minimum atomic E-state index is -0.246. The first-order valence-corrected chi connectivity index (χ1v) is 5.61. The molecule has 1 N–H and O–H groups in total. The van der Waals surface area contributed by atoms with E-state index in [0.717, 1.165) is 0 Å². The third-order valence-electron chi connectivity index (χ3n) is 2.20. The highest BCUT2D eigenvalue weighted by Gasteiger charge is 2.07. The molecule has 0 unspecified atom stereocenters. The van der Waals surface area contributed by atoms with E-state index >= 15 is 0 Å². The Morgan fingerprint density at radius 1 is 1.28 bits per heavy atom. The monoisotopic (exact) mass is 243 g/mol. The molecule has 92 valence electrons. The van der Waals surface area contributed by atoms with Crippen LogP contribution in [0.2, 0.25) is 0 Å². The van der Waals surface area contributed by atoms with E-state index in [0.29, 0.717) is 23.9 Å². The predicted octanol–water partition coefficient (Wildman–Crippen LogP) is 2.13. The van der Waals surface area contributed by atoms with E-state index in [1.807, 2.05) is 6.92 Å². The number of carbonyl (C=O) groups is 1. The highest BCUT2D eigenvalue weighted by Crippen LogP contribution is 2.09. The summed E-state index contributed by atoms with van der Waals surface area (Å²) in [6, 6.07) is 8.64. The highest BCUT2D eigenvalue weighted by molar-refractivity contribution is 6.03. The van der Waals surface area contributed by atoms with Gasteiger partial charge in [0.2, 0.25) is 5.88 Å². The van der Waals surface area contributed by atoms with Crippen LogP contribution in [-0.4, -0.2) is 22.5 Å². The van der Waals surface area contributed by atoms with Crippen molar-refractivity contribution >= 4 is 11.7 Å². The van der Waals surface area contributed by atoms with Gasteiger partial charge in [-0.25, -0.2) is 9.97 Å². The average Bonchev–Trinajstić information content (AvgIpc) is 2.41. The quantitative estimate of drug-likeness (QED) is 0.893. The summed E-state index contributed by atoms with van der Waals surface area (Å²) < 4.78 is 5.20. The van der Waals surface area contributed by atoms with Crippen molar-refractivity contribution in [3.8, 4) is 5.88 Å². The number of nitrogens with zero attached hydrogens (tertiary/aromatic N) is 2. The minimum absolute atomic E-state index is 0.246. The molecule has 0 spiro atoms. The first-order chi connectivity index (χ1) is 8.79. The molecule has 0 aliphatic carbocycles. The molecule has 2 aromatic heterocycles. The fourth-order valence-corrected chi connectivity index (χ4v) is 1.37. The molecule has 0 bridgehead atoms. The van der Waals surface area contributed by atoms with Gasteiger partial charge in [-0.3, -0.25) is 4.79 Å². The summed E-state index contributed by atoms with van der Waals surface area (Å²) in [5.74, 6) is 0.771. The Morgan fingerprint density at radius 2 is 2.17 bits per heavy atom. The molecule has 1 amide bonds. The maximum atomic E-state index is 11.9. The topological polar surface area (TPSA) is 64.1 Å². The Balaban J connectivity index is 2.05. The Morgan fingerprint density at radius 3 is 2.78 bits per heavy atom. The number of nitrogens with one attached hydrogen (secondary N) is 1. The highest BCUT2D eigenvalue weighted by atomic mass is 16.5. The molecule has 5 heteroatoms. The number of carbonyl (C=O) groups excluding carboxylic acids is 1. The summed E-state index contributed by atoms with van der Waals surface area (Å²) in [5.41, 5.74) is 0.462. The van der Waals surface area contributed by atoms with Crippen LogP contribution < -0.4 is 10.1 Å². The molecule has 0 aromatic carbocycles. The van der Waals surface area contributed by atoms with E-state index in [9.17, 15) is 4.79 Å². The Labute approximate surface area is 105 Å². The van der Waals surface area contributed by atoms with Crippen LogP contribution in [0.3, 0.4) is 0 Å². The second kappa shape index (κ2) is 5.77. The SMILES string of the molecule is CCOc1ccc(C(=O)Nc2ccccn2)cn1. The average molecular weight is 243 g/mol. The van der Waals surface area contributed by atoms with Gasteiger partial charge in [0.1, 0.15) is 5.82 Å². The van der Waals surface area contributed by atoms with Crippen LogP contribution in [0.5, 0.6) is 5.88 Å². The summed E-state index contributed by atoms with van der Waals surface area (Å²) >= 11 is 0. The number of amides is 1. The molecule has 0 radical (unpaired) electrons. The zero-order valence-electron chi connectivity index (χ0n) is 9.96. The normalized spacial score (nSPS) is 9.83. The van der Waals surface area contributed by atoms with Crippen molar-refractivity contribution in [2.24, 2.45) is 0 Å². The van der Waals surface area contributed by atoms with E-state index in [4.69, 9.17) is 4.74 Å². The molecule has 2 heterocycles. The summed E-state index contributed by atoms with van der Waals surface area (Å²) in [5, 5.41) is 2.68. The van der Waals surface area contributed by atoms with Crippen LogP contribution in [0, 0.1) is 0 Å². The van der Waals surface area contributed by atoms with E-state index in [-0.39, 0.29) is 5.91 Å². The number of anilines is 1. The first-order valence-electron chi connectivity index (χ1n) is 5.61. The fourth-order valence-electron chi connectivity index (χ4n) is 1.37. The number of aromatic nitrogens is 2. The van der Waals surface area contributed by atoms with Crippen LogP contribution in [0.25, 0.3) is 0 Å². The van der Waals surface area contributed by atoms with Gasteiger partial charge in [-0.15, -0.1) is 0 Å². The van der Waals surface area contributed by atoms with Gasteiger partial charge in [0.05, 0.1) is 12.2 Å². The van der Waals surface area contributed by atoms with Gasteiger partial charge in [0, 0.05) is 18.5 Å². The molecule has 5 nitrogen and oxygen atoms in total. The van der Waals surface area contributed by atoms with Crippen molar-refractivity contribution in [1.29, 1.82) is 0 Å². The van der Waals surface area contributed by atoms with E-state index in [1.54, 1.807) is 36.5 Å². The van der Waals surface area contributed by atoms with Crippen LogP contribution >= 0.6 is 0 Å². The number of hydrogen-bond acceptors (Lipinski definition) is 4. The lowest BCUT2D eigenvalue weighted by atomic mass is 10.2. The molecule has 2 aromatic rings. The second-order valence-corrected chi connectivity index (χ2v) is 3.49. The summed E-state index contributed by atoms with van der Waals surface area (Å²) in [7, 11) is 0. The standard InChI is InChI=1S/C13H13N3O2/c1-2-18-12-7-6-10(9-15-12)13(17)16-11-5-3-4-8-14-11/h3-9H,2H2,1H3,(H,14,16,17). The van der Waals surface area contributed by atoms with Gasteiger partial charge in [-0.2, -0.15) is 0 Å². The smallest absolute Gasteiger partial charge is 0.258 e. The van der Waals surface area contributed by atoms with Crippen molar-refractivity contribution in [2.45, 2.75) is 6.92 Å². The fraction of sp³-hybridized carbons (Fsp3) is 0.154. The summed E-state index contributed by atoms with van der Waals surface area (Å²) in [6.07, 6.45) is 3.09. The van der Waals surface area contributed by atoms with Gasteiger partial charge in [-0.1, -0.05) is 6.07 Å². The molecule has 18 heavy (non-hydrogen) atoms. The van der Waals surface area contributed by atoms with Gasteiger partial charge in [0.15, 0.2) is 0 Å². The van der Waals surface area contributed by atoms with Crippen molar-refractivity contribution in [1.82, 2.24) is 9.97 Å². The zero-order chi connectivity index (χ0) is 12.8. The van der Waals surface area contributed by atoms with Gasteiger partial charge in [0.25, 0.3) is 5.91 Å². The van der Waals surface area contributed by atoms with Gasteiger partial charge in [-0.05, 0) is 25.1 Å². The molecule has 0 saturated heterocycles. The van der Waals surface area contributed by atoms with Crippen LogP contribution in [0.1, 0.15) is 17.3 Å². The molecule has 0 atom stereocenters. The lowest BCUT2D eigenvalue weighted by Crippen LogP contribution is -2.13. The lowest BCUT2D eigenvalue weighted by Gasteiger charge is -2.05. The molecular weight excluding hydrogens is 230 g/mol. The number of hydrogen-bond donors (Lipinski definition) is 1. The lowest BCUT2D eigenvalue weighted by molar-refractivity contribution is 0.102. The number of ether oxygens (including phenoxy) is 1. The van der Waals surface area contributed by atoms with Crippen LogP contribution in [0.15, 0.2) is 42.7 Å². The third kappa shape index (κ3) is 3.04. The van der Waals surface area contributed by atoms with E-state index in [2.05, 4.69) is 15.3 Å². The first kappa shape index (κ1) is 12.0. The molecule has 0 aliphatic heterocycles. The minimum Gasteiger partial charge on any atom is -0.478 e. The van der Waals surface area contributed by atoms with E-state index in [1.165, 1.54) is 6.20 Å².